The molecule has 0 saturated carbocycles. The van der Waals surface area contributed by atoms with Crippen LogP contribution in [0, 0.1) is 5.82 Å². The van der Waals surface area contributed by atoms with Gasteiger partial charge in [0.25, 0.3) is 0 Å². The number of halogens is 1. The van der Waals surface area contributed by atoms with Crippen molar-refractivity contribution in [2.24, 2.45) is 0 Å². The molecule has 1 N–H and O–H groups in total. The molecule has 0 aliphatic carbocycles. The first-order valence-corrected chi connectivity index (χ1v) is 7.22. The van der Waals surface area contributed by atoms with Crippen LogP contribution in [0.1, 0.15) is 33.6 Å². The van der Waals surface area contributed by atoms with E-state index >= 15 is 0 Å². The minimum Gasteiger partial charge on any atom is -0.464 e. The van der Waals surface area contributed by atoms with Gasteiger partial charge in [-0.15, -0.1) is 0 Å². The Morgan fingerprint density at radius 1 is 1.48 bits per heavy atom. The number of esters is 1. The van der Waals surface area contributed by atoms with Gasteiger partial charge in [0.1, 0.15) is 11.4 Å². The van der Waals surface area contributed by atoms with E-state index < -0.39 is 11.1 Å². The average Bonchev–Trinajstić information content (AvgIpc) is 2.37. The fraction of sp³-hybridized carbons (Fsp3) is 0.562. The van der Waals surface area contributed by atoms with Crippen LogP contribution in [-0.2, 0) is 14.3 Å². The van der Waals surface area contributed by atoms with E-state index in [0.717, 1.165) is 0 Å². The van der Waals surface area contributed by atoms with E-state index in [4.69, 9.17) is 9.47 Å². The normalized spacial score (nSPS) is 24.4. The van der Waals surface area contributed by atoms with E-state index in [9.17, 15) is 9.18 Å². The van der Waals surface area contributed by atoms with E-state index in [2.05, 4.69) is 5.32 Å². The minimum absolute atomic E-state index is 0.312. The highest BCUT2D eigenvalue weighted by atomic mass is 19.1. The number of hydrogen-bond donors (Lipinski definition) is 1. The van der Waals surface area contributed by atoms with Gasteiger partial charge in [-0.2, -0.15) is 0 Å². The molecule has 1 saturated heterocycles. The lowest BCUT2D eigenvalue weighted by molar-refractivity contribution is -0.158. The van der Waals surface area contributed by atoms with E-state index in [1.165, 1.54) is 12.1 Å². The SMILES string of the molecule is CCOC(=O)C1(Nc2cccc(F)c2)CCOC(C)(C)C1. The zero-order chi connectivity index (χ0) is 15.5. The number of hydrogen-bond acceptors (Lipinski definition) is 4. The average molecular weight is 295 g/mol. The van der Waals surface area contributed by atoms with Gasteiger partial charge in [0, 0.05) is 18.5 Å². The lowest BCUT2D eigenvalue weighted by Crippen LogP contribution is -2.56. The molecule has 1 aromatic carbocycles. The highest BCUT2D eigenvalue weighted by Gasteiger charge is 2.47. The van der Waals surface area contributed by atoms with Crippen molar-refractivity contribution in [1.29, 1.82) is 0 Å². The molecule has 0 amide bonds. The minimum atomic E-state index is -0.883. The molecule has 1 aliphatic rings. The van der Waals surface area contributed by atoms with Gasteiger partial charge in [0.2, 0.25) is 0 Å². The van der Waals surface area contributed by atoms with Crippen molar-refractivity contribution in [3.05, 3.63) is 30.1 Å². The summed E-state index contributed by atoms with van der Waals surface area (Å²) in [5.74, 6) is -0.657. The Kier molecular flexibility index (Phi) is 4.52. The second kappa shape index (κ2) is 6.02. The summed E-state index contributed by atoms with van der Waals surface area (Å²) in [5, 5.41) is 3.18. The van der Waals surface area contributed by atoms with Crippen molar-refractivity contribution in [3.63, 3.8) is 0 Å². The van der Waals surface area contributed by atoms with Crippen LogP contribution in [0.15, 0.2) is 24.3 Å². The summed E-state index contributed by atoms with van der Waals surface area (Å²) in [4.78, 5) is 12.5. The van der Waals surface area contributed by atoms with E-state index in [-0.39, 0.29) is 11.8 Å². The van der Waals surface area contributed by atoms with Crippen molar-refractivity contribution in [1.82, 2.24) is 0 Å². The van der Waals surface area contributed by atoms with Crippen molar-refractivity contribution >= 4 is 11.7 Å². The molecule has 1 unspecified atom stereocenters. The number of carbonyl (C=O) groups excluding carboxylic acids is 1. The first-order chi connectivity index (χ1) is 9.87. The van der Waals surface area contributed by atoms with Crippen LogP contribution in [0.25, 0.3) is 0 Å². The third-order valence-electron chi connectivity index (χ3n) is 3.62. The van der Waals surface area contributed by atoms with Crippen molar-refractivity contribution in [3.8, 4) is 0 Å². The largest absolute Gasteiger partial charge is 0.464 e. The summed E-state index contributed by atoms with van der Waals surface area (Å²) in [6.45, 7) is 6.42. The van der Waals surface area contributed by atoms with E-state index in [1.807, 2.05) is 13.8 Å². The first-order valence-electron chi connectivity index (χ1n) is 7.22. The van der Waals surface area contributed by atoms with Gasteiger partial charge < -0.3 is 14.8 Å². The Balaban J connectivity index is 2.29. The van der Waals surface area contributed by atoms with Gasteiger partial charge in [-0.3, -0.25) is 0 Å². The molecule has 0 spiro atoms. The van der Waals surface area contributed by atoms with Crippen LogP contribution in [0.5, 0.6) is 0 Å². The quantitative estimate of drug-likeness (QED) is 0.867. The summed E-state index contributed by atoms with van der Waals surface area (Å²) < 4.78 is 24.3. The van der Waals surface area contributed by atoms with Gasteiger partial charge in [-0.1, -0.05) is 6.07 Å². The summed E-state index contributed by atoms with van der Waals surface area (Å²) in [7, 11) is 0. The van der Waals surface area contributed by atoms with Gasteiger partial charge in [-0.05, 0) is 39.0 Å². The number of anilines is 1. The first kappa shape index (κ1) is 15.8. The monoisotopic (exact) mass is 295 g/mol. The fourth-order valence-corrected chi connectivity index (χ4v) is 2.81. The van der Waals surface area contributed by atoms with Crippen LogP contribution in [-0.4, -0.2) is 30.3 Å². The fourth-order valence-electron chi connectivity index (χ4n) is 2.81. The van der Waals surface area contributed by atoms with Gasteiger partial charge in [0.05, 0.1) is 18.8 Å². The van der Waals surface area contributed by atoms with Crippen molar-refractivity contribution < 1.29 is 18.7 Å². The molecule has 4 nitrogen and oxygen atoms in total. The van der Waals surface area contributed by atoms with Gasteiger partial charge in [0.15, 0.2) is 0 Å². The maximum absolute atomic E-state index is 13.4. The van der Waals surface area contributed by atoms with Crippen LogP contribution >= 0.6 is 0 Å². The second-order valence-corrected chi connectivity index (χ2v) is 5.97. The Hall–Kier alpha value is -1.62. The topological polar surface area (TPSA) is 47.6 Å². The molecule has 1 fully saturated rings. The molecule has 5 heteroatoms. The maximum Gasteiger partial charge on any atom is 0.331 e. The lowest BCUT2D eigenvalue weighted by Gasteiger charge is -2.43. The lowest BCUT2D eigenvalue weighted by atomic mass is 9.81. The summed E-state index contributed by atoms with van der Waals surface area (Å²) >= 11 is 0. The maximum atomic E-state index is 13.4. The van der Waals surface area contributed by atoms with Crippen molar-refractivity contribution in [2.75, 3.05) is 18.5 Å². The predicted octanol–water partition coefficient (Wildman–Crippen LogP) is 3.13. The summed E-state index contributed by atoms with van der Waals surface area (Å²) in [6, 6.07) is 6.10. The number of nitrogens with one attached hydrogen (secondary N) is 1. The Labute approximate surface area is 124 Å². The van der Waals surface area contributed by atoms with Gasteiger partial charge in [-0.25, -0.2) is 9.18 Å². The number of ether oxygens (including phenoxy) is 2. The standard InChI is InChI=1S/C16H22FNO3/c1-4-20-14(19)16(8-9-21-15(2,3)11-16)18-13-7-5-6-12(17)10-13/h5-7,10,18H,4,8-9,11H2,1-3H3. The second-order valence-electron chi connectivity index (χ2n) is 5.97. The predicted molar refractivity (Wildman–Crippen MR) is 78.7 cm³/mol. The molecule has 1 aliphatic heterocycles. The molecule has 0 aromatic heterocycles. The molecular formula is C16H22FNO3. The molecule has 1 aromatic rings. The van der Waals surface area contributed by atoms with Gasteiger partial charge >= 0.3 is 5.97 Å². The third kappa shape index (κ3) is 3.73. The molecule has 0 bridgehead atoms. The molecule has 1 atom stereocenters. The zero-order valence-corrected chi connectivity index (χ0v) is 12.7. The molecule has 21 heavy (non-hydrogen) atoms. The Morgan fingerprint density at radius 2 is 2.24 bits per heavy atom. The highest BCUT2D eigenvalue weighted by Crippen LogP contribution is 2.35. The van der Waals surface area contributed by atoms with Crippen LogP contribution in [0.3, 0.4) is 0 Å². The smallest absolute Gasteiger partial charge is 0.331 e. The summed E-state index contributed by atoms with van der Waals surface area (Å²) in [6.07, 6.45) is 0.959. The Morgan fingerprint density at radius 3 is 2.86 bits per heavy atom. The molecule has 0 radical (unpaired) electrons. The van der Waals surface area contributed by atoms with Crippen LogP contribution in [0.4, 0.5) is 10.1 Å². The van der Waals surface area contributed by atoms with Crippen LogP contribution in [0.2, 0.25) is 0 Å². The molecule has 1 heterocycles. The molecule has 116 valence electrons. The van der Waals surface area contributed by atoms with E-state index in [0.29, 0.717) is 31.7 Å². The Bertz CT molecular complexity index is 518. The molecule has 2 rings (SSSR count). The summed E-state index contributed by atoms with van der Waals surface area (Å²) in [5.41, 5.74) is -0.752. The highest BCUT2D eigenvalue weighted by molar-refractivity contribution is 5.85. The molecular weight excluding hydrogens is 273 g/mol. The number of benzene rings is 1. The van der Waals surface area contributed by atoms with Crippen molar-refractivity contribution in [2.45, 2.75) is 44.8 Å². The van der Waals surface area contributed by atoms with E-state index in [1.54, 1.807) is 19.1 Å². The zero-order valence-electron chi connectivity index (χ0n) is 12.7. The number of carbonyl (C=O) groups is 1. The number of rotatable bonds is 4. The third-order valence-corrected chi connectivity index (χ3v) is 3.62. The van der Waals surface area contributed by atoms with Crippen LogP contribution < -0.4 is 5.32 Å².